The topological polar surface area (TPSA) is 52.6 Å². The second-order valence-corrected chi connectivity index (χ2v) is 9.44. The second kappa shape index (κ2) is 8.12. The molecule has 1 fully saturated rings. The lowest BCUT2D eigenvalue weighted by atomic mass is 9.97. The molecule has 0 saturated carbocycles. The third-order valence-electron chi connectivity index (χ3n) is 4.56. The predicted octanol–water partition coefficient (Wildman–Crippen LogP) is 5.56. The lowest BCUT2D eigenvalue weighted by Gasteiger charge is -2.30. The zero-order chi connectivity index (χ0) is 20.4. The van der Waals surface area contributed by atoms with Gasteiger partial charge in [0.1, 0.15) is 5.75 Å². The highest BCUT2D eigenvalue weighted by Crippen LogP contribution is 2.52. The summed E-state index contributed by atoms with van der Waals surface area (Å²) in [7, 11) is -5.74. The first-order chi connectivity index (χ1) is 13.2. The van der Waals surface area contributed by atoms with Crippen molar-refractivity contribution >= 4 is 32.7 Å². The Kier molecular flexibility index (Phi) is 6.17. The van der Waals surface area contributed by atoms with Crippen LogP contribution in [-0.2, 0) is 19.2 Å². The van der Waals surface area contributed by atoms with Crippen LogP contribution in [0.3, 0.4) is 0 Å². The Hall–Kier alpha value is -1.45. The van der Waals surface area contributed by atoms with Crippen LogP contribution in [0.5, 0.6) is 5.75 Å². The number of alkyl halides is 3. The van der Waals surface area contributed by atoms with E-state index in [9.17, 15) is 21.6 Å². The molecule has 28 heavy (non-hydrogen) atoms. The summed E-state index contributed by atoms with van der Waals surface area (Å²) in [5.41, 5.74) is -5.05. The Bertz CT molecular complexity index is 936. The van der Waals surface area contributed by atoms with E-state index < -0.39 is 20.6 Å². The SMILES string of the molecule is CCCCOc1ccc(C2(OS(=O)(=O)C(F)(F)F)CCCS2)c2ccccc12. The zero-order valence-electron chi connectivity index (χ0n) is 15.3. The van der Waals surface area contributed by atoms with E-state index in [1.54, 1.807) is 30.3 Å². The molecule has 0 amide bonds. The van der Waals surface area contributed by atoms with Gasteiger partial charge in [-0.15, -0.1) is 11.8 Å². The van der Waals surface area contributed by atoms with Crippen molar-refractivity contribution in [1.29, 1.82) is 0 Å². The fourth-order valence-electron chi connectivity index (χ4n) is 3.22. The van der Waals surface area contributed by atoms with Crippen LogP contribution in [0.2, 0.25) is 0 Å². The van der Waals surface area contributed by atoms with Crippen molar-refractivity contribution < 1.29 is 30.5 Å². The van der Waals surface area contributed by atoms with Gasteiger partial charge >= 0.3 is 15.6 Å². The van der Waals surface area contributed by atoms with Crippen molar-refractivity contribution in [3.63, 3.8) is 0 Å². The summed E-state index contributed by atoms with van der Waals surface area (Å²) in [6.07, 6.45) is 2.58. The molecule has 1 aliphatic rings. The maximum absolute atomic E-state index is 13.0. The van der Waals surface area contributed by atoms with Gasteiger partial charge in [-0.2, -0.15) is 21.6 Å². The lowest BCUT2D eigenvalue weighted by molar-refractivity contribution is -0.0593. The average Bonchev–Trinajstić information content (AvgIpc) is 3.09. The maximum atomic E-state index is 13.0. The normalized spacial score (nSPS) is 20.6. The number of ether oxygens (including phenoxy) is 1. The van der Waals surface area contributed by atoms with Crippen molar-refractivity contribution in [3.05, 3.63) is 42.0 Å². The number of unbranched alkanes of at least 4 members (excludes halogenated alkanes) is 1. The number of fused-ring (bicyclic) bond motifs is 1. The van der Waals surface area contributed by atoms with Gasteiger partial charge in [0.05, 0.1) is 6.61 Å². The summed E-state index contributed by atoms with van der Waals surface area (Å²) < 4.78 is 73.2. The number of thioether (sulfide) groups is 1. The van der Waals surface area contributed by atoms with Crippen LogP contribution in [0, 0.1) is 0 Å². The van der Waals surface area contributed by atoms with E-state index in [4.69, 9.17) is 8.92 Å². The largest absolute Gasteiger partial charge is 0.523 e. The minimum absolute atomic E-state index is 0.174. The minimum atomic E-state index is -5.74. The van der Waals surface area contributed by atoms with Gasteiger partial charge in [-0.05, 0) is 36.5 Å². The molecule has 0 aliphatic carbocycles. The van der Waals surface area contributed by atoms with Gasteiger partial charge in [0.2, 0.25) is 0 Å². The highest BCUT2D eigenvalue weighted by Gasteiger charge is 2.54. The van der Waals surface area contributed by atoms with Gasteiger partial charge in [-0.1, -0.05) is 43.7 Å². The molecule has 0 bridgehead atoms. The Morgan fingerprint density at radius 3 is 2.46 bits per heavy atom. The van der Waals surface area contributed by atoms with Crippen LogP contribution in [0.25, 0.3) is 10.8 Å². The van der Waals surface area contributed by atoms with Crippen molar-refractivity contribution in [1.82, 2.24) is 0 Å². The molecule has 0 N–H and O–H groups in total. The third-order valence-corrected chi connectivity index (χ3v) is 7.21. The number of hydrogen-bond acceptors (Lipinski definition) is 5. The summed E-state index contributed by atoms with van der Waals surface area (Å²) in [5, 5.41) is 1.35. The van der Waals surface area contributed by atoms with Gasteiger partial charge in [0.25, 0.3) is 0 Å². The molecule has 1 atom stereocenters. The average molecular weight is 435 g/mol. The van der Waals surface area contributed by atoms with Crippen LogP contribution >= 0.6 is 11.8 Å². The molecule has 154 valence electrons. The molecule has 2 aromatic carbocycles. The summed E-state index contributed by atoms with van der Waals surface area (Å²) in [6.45, 7) is 2.57. The summed E-state index contributed by atoms with van der Waals surface area (Å²) in [4.78, 5) is -1.60. The molecule has 9 heteroatoms. The van der Waals surface area contributed by atoms with E-state index in [0.29, 0.717) is 35.5 Å². The molecule has 0 aromatic heterocycles. The van der Waals surface area contributed by atoms with Gasteiger partial charge < -0.3 is 4.74 Å². The fraction of sp³-hybridized carbons (Fsp3) is 0.474. The van der Waals surface area contributed by atoms with E-state index in [2.05, 4.69) is 0 Å². The first-order valence-corrected chi connectivity index (χ1v) is 11.4. The molecule has 1 aliphatic heterocycles. The molecule has 1 saturated heterocycles. The number of halogens is 3. The summed E-state index contributed by atoms with van der Waals surface area (Å²) >= 11 is 1.09. The van der Waals surface area contributed by atoms with Crippen molar-refractivity contribution in [2.45, 2.75) is 43.0 Å². The van der Waals surface area contributed by atoms with Crippen molar-refractivity contribution in [3.8, 4) is 5.75 Å². The quantitative estimate of drug-likeness (QED) is 0.324. The smallest absolute Gasteiger partial charge is 0.493 e. The van der Waals surface area contributed by atoms with Crippen LogP contribution in [0.4, 0.5) is 13.2 Å². The molecular weight excluding hydrogens is 413 g/mol. The monoisotopic (exact) mass is 434 g/mol. The van der Waals surface area contributed by atoms with E-state index in [1.807, 2.05) is 13.0 Å². The molecule has 1 heterocycles. The maximum Gasteiger partial charge on any atom is 0.523 e. The fourth-order valence-corrected chi connectivity index (χ4v) is 5.54. The van der Waals surface area contributed by atoms with Crippen molar-refractivity contribution in [2.24, 2.45) is 0 Å². The van der Waals surface area contributed by atoms with Gasteiger partial charge in [-0.3, -0.25) is 0 Å². The Balaban J connectivity index is 2.09. The number of hydrogen-bond donors (Lipinski definition) is 0. The van der Waals surface area contributed by atoms with Gasteiger partial charge in [-0.25, -0.2) is 4.18 Å². The Morgan fingerprint density at radius 2 is 1.86 bits per heavy atom. The highest BCUT2D eigenvalue weighted by atomic mass is 32.2. The number of rotatable bonds is 7. The van der Waals surface area contributed by atoms with Crippen LogP contribution in [0.1, 0.15) is 38.2 Å². The first-order valence-electron chi connectivity index (χ1n) is 9.01. The number of benzene rings is 2. The van der Waals surface area contributed by atoms with Crippen LogP contribution in [-0.4, -0.2) is 26.3 Å². The minimum Gasteiger partial charge on any atom is -0.493 e. The molecule has 2 aromatic rings. The standard InChI is InChI=1S/C19H21F3O4S2/c1-2-3-12-25-17-10-9-16(14-7-4-5-8-15(14)17)18(11-6-13-27-18)26-28(23,24)19(20,21)22/h4-5,7-10H,2-3,6,11-13H2,1H3. The molecule has 4 nitrogen and oxygen atoms in total. The predicted molar refractivity (Wildman–Crippen MR) is 104 cm³/mol. The molecular formula is C19H21F3O4S2. The van der Waals surface area contributed by atoms with Crippen LogP contribution in [0.15, 0.2) is 36.4 Å². The summed E-state index contributed by atoms with van der Waals surface area (Å²) in [5.74, 6) is 1.13. The van der Waals surface area contributed by atoms with E-state index >= 15 is 0 Å². The summed E-state index contributed by atoms with van der Waals surface area (Å²) in [6, 6.07) is 10.4. The Labute approximate surface area is 166 Å². The van der Waals surface area contributed by atoms with Crippen LogP contribution < -0.4 is 4.74 Å². The van der Waals surface area contributed by atoms with E-state index in [-0.39, 0.29) is 6.42 Å². The zero-order valence-corrected chi connectivity index (χ0v) is 16.9. The van der Waals surface area contributed by atoms with E-state index in [1.165, 1.54) is 0 Å². The second-order valence-electron chi connectivity index (χ2n) is 6.55. The van der Waals surface area contributed by atoms with E-state index in [0.717, 1.165) is 30.0 Å². The third kappa shape index (κ3) is 4.11. The van der Waals surface area contributed by atoms with Gasteiger partial charge in [0.15, 0.2) is 4.93 Å². The highest BCUT2D eigenvalue weighted by molar-refractivity contribution is 8.01. The Morgan fingerprint density at radius 1 is 1.14 bits per heavy atom. The van der Waals surface area contributed by atoms with Crippen molar-refractivity contribution in [2.75, 3.05) is 12.4 Å². The first kappa shape index (κ1) is 21.3. The molecule has 0 radical (unpaired) electrons. The molecule has 1 unspecified atom stereocenters. The lowest BCUT2D eigenvalue weighted by Crippen LogP contribution is -2.34. The molecule has 0 spiro atoms. The van der Waals surface area contributed by atoms with Gasteiger partial charge in [0, 0.05) is 10.9 Å². The molecule has 3 rings (SSSR count).